The van der Waals surface area contributed by atoms with Gasteiger partial charge in [0.2, 0.25) is 0 Å². The minimum Gasteiger partial charge on any atom is -0.355 e. The summed E-state index contributed by atoms with van der Waals surface area (Å²) in [6.45, 7) is 6.96. The summed E-state index contributed by atoms with van der Waals surface area (Å²) in [5, 5.41) is 6.90. The highest BCUT2D eigenvalue weighted by Gasteiger charge is 2.16. The number of hydrogen-bond acceptors (Lipinski definition) is 2. The Kier molecular flexibility index (Phi) is 8.52. The highest BCUT2D eigenvalue weighted by Crippen LogP contribution is 2.14. The number of hydrogen-bond donors (Lipinski definition) is 2. The van der Waals surface area contributed by atoms with Gasteiger partial charge in [-0.3, -0.25) is 4.99 Å². The smallest absolute Gasteiger partial charge is 0.191 e. The molecule has 0 saturated carbocycles. The molecule has 1 heterocycles. The molecule has 0 aromatic carbocycles. The quantitative estimate of drug-likeness (QED) is 0.334. The van der Waals surface area contributed by atoms with Crippen LogP contribution in [0.3, 0.4) is 0 Å². The van der Waals surface area contributed by atoms with Crippen LogP contribution in [-0.2, 0) is 0 Å². The van der Waals surface area contributed by atoms with Crippen LogP contribution < -0.4 is 10.6 Å². The van der Waals surface area contributed by atoms with E-state index in [0.29, 0.717) is 6.04 Å². The summed E-state index contributed by atoms with van der Waals surface area (Å²) >= 11 is 0. The number of guanidine groups is 1. The summed E-state index contributed by atoms with van der Waals surface area (Å²) in [5.41, 5.74) is 0. The van der Waals surface area contributed by atoms with Crippen LogP contribution in [0.2, 0.25) is 0 Å². The lowest BCUT2D eigenvalue weighted by Gasteiger charge is -2.31. The van der Waals surface area contributed by atoms with Gasteiger partial charge in [-0.15, -0.1) is 24.0 Å². The molecule has 0 aromatic rings. The lowest BCUT2D eigenvalue weighted by Crippen LogP contribution is -2.46. The molecule has 0 spiro atoms. The Balaban J connectivity index is 0.00000200. The molecule has 0 radical (unpaired) electrons. The second-order valence-corrected chi connectivity index (χ2v) is 5.83. The van der Waals surface area contributed by atoms with Crippen molar-refractivity contribution in [3.63, 3.8) is 0 Å². The van der Waals surface area contributed by atoms with Crippen LogP contribution in [0, 0.1) is 5.92 Å². The molecule has 2 N–H and O–H groups in total. The molecule has 1 unspecified atom stereocenters. The van der Waals surface area contributed by atoms with Crippen LogP contribution in [-0.4, -0.2) is 50.1 Å². The number of rotatable bonds is 4. The number of nitrogens with one attached hydrogen (secondary N) is 2. The molecule has 4 nitrogen and oxygen atoms in total. The monoisotopic (exact) mass is 392 g/mol. The van der Waals surface area contributed by atoms with E-state index in [-0.39, 0.29) is 24.0 Å². The number of piperidine rings is 1. The molecule has 2 rings (SSSR count). The van der Waals surface area contributed by atoms with Crippen LogP contribution in [0.15, 0.2) is 17.1 Å². The Morgan fingerprint density at radius 2 is 2.10 bits per heavy atom. The highest BCUT2D eigenvalue weighted by atomic mass is 127. The molecule has 0 aromatic heterocycles. The zero-order valence-electron chi connectivity index (χ0n) is 12.8. The van der Waals surface area contributed by atoms with Crippen molar-refractivity contribution < 1.29 is 0 Å². The predicted octanol–water partition coefficient (Wildman–Crippen LogP) is 2.22. The Morgan fingerprint density at radius 1 is 1.35 bits per heavy atom. The van der Waals surface area contributed by atoms with Gasteiger partial charge in [-0.25, -0.2) is 0 Å². The fourth-order valence-electron chi connectivity index (χ4n) is 2.95. The Hall–Kier alpha value is -0.300. The Morgan fingerprint density at radius 3 is 2.75 bits per heavy atom. The van der Waals surface area contributed by atoms with Gasteiger partial charge in [0.15, 0.2) is 5.96 Å². The zero-order chi connectivity index (χ0) is 13.5. The molecule has 20 heavy (non-hydrogen) atoms. The lowest BCUT2D eigenvalue weighted by molar-refractivity contribution is 0.187. The first-order valence-corrected chi connectivity index (χ1v) is 7.62. The summed E-state index contributed by atoms with van der Waals surface area (Å²) in [5.74, 6) is 1.80. The first kappa shape index (κ1) is 17.8. The average molecular weight is 392 g/mol. The molecular weight excluding hydrogens is 363 g/mol. The minimum absolute atomic E-state index is 0. The molecule has 1 fully saturated rings. The van der Waals surface area contributed by atoms with Crippen LogP contribution in [0.4, 0.5) is 0 Å². The van der Waals surface area contributed by atoms with E-state index < -0.39 is 0 Å². The molecule has 1 atom stereocenters. The SMILES string of the molecule is CN=C(NCCN1CCCC(C)C1)NC1CC=CC1.I. The number of nitrogens with zero attached hydrogens (tertiary/aromatic N) is 2. The van der Waals surface area contributed by atoms with Crippen molar-refractivity contribution in [3.05, 3.63) is 12.2 Å². The van der Waals surface area contributed by atoms with Gasteiger partial charge in [-0.2, -0.15) is 0 Å². The van der Waals surface area contributed by atoms with Gasteiger partial charge < -0.3 is 15.5 Å². The van der Waals surface area contributed by atoms with Gasteiger partial charge >= 0.3 is 0 Å². The van der Waals surface area contributed by atoms with E-state index in [2.05, 4.69) is 39.6 Å². The lowest BCUT2D eigenvalue weighted by atomic mass is 10.0. The van der Waals surface area contributed by atoms with Crippen LogP contribution in [0.1, 0.15) is 32.6 Å². The van der Waals surface area contributed by atoms with E-state index in [9.17, 15) is 0 Å². The number of halogens is 1. The van der Waals surface area contributed by atoms with E-state index in [1.54, 1.807) is 0 Å². The maximum atomic E-state index is 4.30. The highest BCUT2D eigenvalue weighted by molar-refractivity contribution is 14.0. The van der Waals surface area contributed by atoms with Crippen molar-refractivity contribution in [1.29, 1.82) is 0 Å². The predicted molar refractivity (Wildman–Crippen MR) is 96.9 cm³/mol. The second kappa shape index (κ2) is 9.60. The van der Waals surface area contributed by atoms with Gasteiger partial charge in [0.1, 0.15) is 0 Å². The van der Waals surface area contributed by atoms with Gasteiger partial charge in [0.25, 0.3) is 0 Å². The number of likely N-dealkylation sites (tertiary alicyclic amines) is 1. The molecule has 0 bridgehead atoms. The van der Waals surface area contributed by atoms with Crippen LogP contribution in [0.5, 0.6) is 0 Å². The molecule has 5 heteroatoms. The molecule has 1 aliphatic heterocycles. The van der Waals surface area contributed by atoms with Gasteiger partial charge in [-0.05, 0) is 38.1 Å². The van der Waals surface area contributed by atoms with E-state index >= 15 is 0 Å². The van der Waals surface area contributed by atoms with E-state index in [4.69, 9.17) is 0 Å². The van der Waals surface area contributed by atoms with Crippen molar-refractivity contribution in [2.75, 3.05) is 33.2 Å². The largest absolute Gasteiger partial charge is 0.355 e. The van der Waals surface area contributed by atoms with Crippen molar-refractivity contribution in [3.8, 4) is 0 Å². The van der Waals surface area contributed by atoms with Gasteiger partial charge in [0.05, 0.1) is 0 Å². The molecule has 1 aliphatic carbocycles. The van der Waals surface area contributed by atoms with Crippen molar-refractivity contribution in [2.24, 2.45) is 10.9 Å². The first-order chi connectivity index (χ1) is 9.28. The standard InChI is InChI=1S/C15H28N4.HI/c1-13-6-5-10-19(12-13)11-9-17-15(16-2)18-14-7-3-4-8-14;/h3-4,13-14H,5-12H2,1-2H3,(H2,16,17,18);1H. The molecule has 0 amide bonds. The van der Waals surface area contributed by atoms with E-state index in [1.807, 2.05) is 7.05 Å². The average Bonchev–Trinajstić information content (AvgIpc) is 2.90. The first-order valence-electron chi connectivity index (χ1n) is 7.62. The Labute approximate surface area is 140 Å². The summed E-state index contributed by atoms with van der Waals surface area (Å²) in [4.78, 5) is 6.86. The fraction of sp³-hybridized carbons (Fsp3) is 0.800. The normalized spacial score (nSPS) is 24.5. The Bertz CT molecular complexity index is 322. The second-order valence-electron chi connectivity index (χ2n) is 5.83. The molecule has 116 valence electrons. The molecular formula is C15H29IN4. The number of aliphatic imine (C=N–C) groups is 1. The minimum atomic E-state index is 0. The summed E-state index contributed by atoms with van der Waals surface area (Å²) in [6.07, 6.45) is 9.44. The summed E-state index contributed by atoms with van der Waals surface area (Å²) < 4.78 is 0. The van der Waals surface area contributed by atoms with Gasteiger partial charge in [0, 0.05) is 32.7 Å². The fourth-order valence-corrected chi connectivity index (χ4v) is 2.95. The van der Waals surface area contributed by atoms with Crippen molar-refractivity contribution in [2.45, 2.75) is 38.6 Å². The van der Waals surface area contributed by atoms with Crippen LogP contribution in [0.25, 0.3) is 0 Å². The van der Waals surface area contributed by atoms with Gasteiger partial charge in [-0.1, -0.05) is 19.1 Å². The van der Waals surface area contributed by atoms with Crippen molar-refractivity contribution in [1.82, 2.24) is 15.5 Å². The van der Waals surface area contributed by atoms with E-state index in [0.717, 1.165) is 37.8 Å². The zero-order valence-corrected chi connectivity index (χ0v) is 15.1. The van der Waals surface area contributed by atoms with Crippen molar-refractivity contribution >= 4 is 29.9 Å². The third kappa shape index (κ3) is 5.99. The third-order valence-electron chi connectivity index (χ3n) is 4.03. The summed E-state index contributed by atoms with van der Waals surface area (Å²) in [7, 11) is 1.85. The van der Waals surface area contributed by atoms with Crippen LogP contribution >= 0.6 is 24.0 Å². The molecule has 2 aliphatic rings. The maximum Gasteiger partial charge on any atom is 0.191 e. The summed E-state index contributed by atoms with van der Waals surface area (Å²) in [6, 6.07) is 0.529. The topological polar surface area (TPSA) is 39.7 Å². The third-order valence-corrected chi connectivity index (χ3v) is 4.03. The van der Waals surface area contributed by atoms with E-state index in [1.165, 1.54) is 25.9 Å². The maximum absolute atomic E-state index is 4.30. The molecule has 1 saturated heterocycles.